The Hall–Kier alpha value is -3.04. The smallest absolute Gasteiger partial charge is 0.321 e. The number of carbonyl (C=O) groups is 2. The minimum absolute atomic E-state index is 0.262. The van der Waals surface area contributed by atoms with Crippen molar-refractivity contribution in [2.45, 2.75) is 43.6 Å². The molecule has 2 aromatic carbocycles. The highest BCUT2D eigenvalue weighted by atomic mass is 35.5. The van der Waals surface area contributed by atoms with Crippen molar-refractivity contribution in [3.8, 4) is 11.4 Å². The van der Waals surface area contributed by atoms with Crippen molar-refractivity contribution < 1.29 is 14.3 Å². The number of carbonyl (C=O) groups excluding carboxylic acids is 2. The Bertz CT molecular complexity index is 1270. The van der Waals surface area contributed by atoms with E-state index in [2.05, 4.69) is 15.6 Å². The molecule has 3 aromatic rings. The van der Waals surface area contributed by atoms with Crippen LogP contribution < -0.4 is 20.9 Å². The molecule has 0 saturated heterocycles. The Balaban J connectivity index is 2.05. The van der Waals surface area contributed by atoms with Gasteiger partial charge in [0.05, 0.1) is 29.0 Å². The number of nitrogens with zero attached hydrogens (tertiary/aromatic N) is 2. The fourth-order valence-corrected chi connectivity index (χ4v) is 4.13. The highest BCUT2D eigenvalue weighted by Gasteiger charge is 2.24. The number of fused-ring (bicyclic) bond motifs is 1. The normalized spacial score (nSPS) is 12.3. The third-order valence-electron chi connectivity index (χ3n) is 4.50. The molecule has 1 aromatic heterocycles. The third-order valence-corrected chi connectivity index (χ3v) is 5.79. The summed E-state index contributed by atoms with van der Waals surface area (Å²) in [5, 5.41) is 5.34. The number of imide groups is 1. The first-order valence-corrected chi connectivity index (χ1v) is 11.4. The summed E-state index contributed by atoms with van der Waals surface area (Å²) >= 11 is 7.16. The first kappa shape index (κ1) is 24.6. The van der Waals surface area contributed by atoms with Gasteiger partial charge in [0.15, 0.2) is 5.16 Å². The monoisotopic (exact) mass is 488 g/mol. The molecule has 1 atom stereocenters. The van der Waals surface area contributed by atoms with E-state index in [-0.39, 0.29) is 10.7 Å². The number of para-hydroxylation sites is 2. The number of hydrogen-bond acceptors (Lipinski definition) is 6. The minimum Gasteiger partial charge on any atom is -0.495 e. The fourth-order valence-electron chi connectivity index (χ4n) is 3.04. The average Bonchev–Trinajstić information content (AvgIpc) is 2.72. The van der Waals surface area contributed by atoms with Gasteiger partial charge in [0.1, 0.15) is 5.75 Å². The van der Waals surface area contributed by atoms with Gasteiger partial charge in [-0.15, -0.1) is 0 Å². The lowest BCUT2D eigenvalue weighted by Gasteiger charge is -2.21. The van der Waals surface area contributed by atoms with Crippen molar-refractivity contribution in [3.63, 3.8) is 0 Å². The number of aromatic nitrogens is 2. The van der Waals surface area contributed by atoms with Crippen molar-refractivity contribution in [1.82, 2.24) is 20.2 Å². The zero-order valence-corrected chi connectivity index (χ0v) is 20.5. The number of amides is 3. The highest BCUT2D eigenvalue weighted by Crippen LogP contribution is 2.29. The van der Waals surface area contributed by atoms with Crippen molar-refractivity contribution in [2.75, 3.05) is 7.11 Å². The molecule has 0 aliphatic carbocycles. The van der Waals surface area contributed by atoms with E-state index in [9.17, 15) is 14.4 Å². The lowest BCUT2D eigenvalue weighted by Crippen LogP contribution is -2.49. The third kappa shape index (κ3) is 5.85. The molecule has 2 N–H and O–H groups in total. The van der Waals surface area contributed by atoms with Crippen molar-refractivity contribution >= 4 is 46.2 Å². The van der Waals surface area contributed by atoms with Gasteiger partial charge < -0.3 is 10.1 Å². The molecular weight excluding hydrogens is 464 g/mol. The van der Waals surface area contributed by atoms with Crippen LogP contribution in [0.4, 0.5) is 4.79 Å². The molecule has 0 radical (unpaired) electrons. The second kappa shape index (κ2) is 9.84. The van der Waals surface area contributed by atoms with Gasteiger partial charge in [-0.05, 0) is 58.0 Å². The molecule has 33 heavy (non-hydrogen) atoms. The number of benzene rings is 2. The molecule has 0 aliphatic rings. The van der Waals surface area contributed by atoms with Gasteiger partial charge in [0.2, 0.25) is 5.91 Å². The maximum Gasteiger partial charge on any atom is 0.321 e. The van der Waals surface area contributed by atoms with Crippen molar-refractivity contribution in [2.24, 2.45) is 0 Å². The summed E-state index contributed by atoms with van der Waals surface area (Å²) < 4.78 is 6.84. The maximum absolute atomic E-state index is 13.5. The summed E-state index contributed by atoms with van der Waals surface area (Å²) in [5.74, 6) is -0.0491. The van der Waals surface area contributed by atoms with Gasteiger partial charge in [-0.1, -0.05) is 35.5 Å². The average molecular weight is 489 g/mol. The second-order valence-corrected chi connectivity index (χ2v) is 10.1. The van der Waals surface area contributed by atoms with Crippen LogP contribution in [0.15, 0.2) is 52.4 Å². The van der Waals surface area contributed by atoms with Crippen molar-refractivity contribution in [1.29, 1.82) is 0 Å². The predicted octanol–water partition coefficient (Wildman–Crippen LogP) is 4.15. The van der Waals surface area contributed by atoms with Gasteiger partial charge in [0.25, 0.3) is 5.56 Å². The maximum atomic E-state index is 13.5. The predicted molar refractivity (Wildman–Crippen MR) is 131 cm³/mol. The number of nitrogens with one attached hydrogen (secondary N) is 2. The van der Waals surface area contributed by atoms with E-state index in [1.165, 1.54) is 11.7 Å². The number of halogens is 1. The summed E-state index contributed by atoms with van der Waals surface area (Å²) in [4.78, 5) is 42.8. The first-order valence-electron chi connectivity index (χ1n) is 10.2. The van der Waals surface area contributed by atoms with Gasteiger partial charge >= 0.3 is 6.03 Å². The summed E-state index contributed by atoms with van der Waals surface area (Å²) in [6.07, 6.45) is 0. The number of urea groups is 1. The van der Waals surface area contributed by atoms with E-state index in [0.717, 1.165) is 11.8 Å². The molecule has 174 valence electrons. The molecule has 0 fully saturated rings. The van der Waals surface area contributed by atoms with E-state index in [4.69, 9.17) is 16.3 Å². The fraction of sp³-hybridized carbons (Fsp3) is 0.304. The highest BCUT2D eigenvalue weighted by molar-refractivity contribution is 8.00. The van der Waals surface area contributed by atoms with Crippen LogP contribution in [-0.2, 0) is 4.79 Å². The van der Waals surface area contributed by atoms with E-state index < -0.39 is 22.7 Å². The molecule has 0 aliphatic heterocycles. The number of methoxy groups -OCH3 is 1. The lowest BCUT2D eigenvalue weighted by molar-refractivity contribution is -0.119. The van der Waals surface area contributed by atoms with Gasteiger partial charge in [-0.2, -0.15) is 0 Å². The van der Waals surface area contributed by atoms with E-state index in [1.807, 2.05) is 20.8 Å². The van der Waals surface area contributed by atoms with Gasteiger partial charge in [0, 0.05) is 10.6 Å². The van der Waals surface area contributed by atoms with Gasteiger partial charge in [-0.25, -0.2) is 9.78 Å². The Morgan fingerprint density at radius 3 is 2.55 bits per heavy atom. The molecular formula is C23H25ClN4O4S. The number of hydrogen-bond donors (Lipinski definition) is 2. The molecule has 0 bridgehead atoms. The van der Waals surface area contributed by atoms with Crippen LogP contribution in [0.5, 0.6) is 5.75 Å². The van der Waals surface area contributed by atoms with Crippen LogP contribution in [0.3, 0.4) is 0 Å². The quantitative estimate of drug-likeness (QED) is 0.413. The number of thioether (sulfide) groups is 1. The van der Waals surface area contributed by atoms with Gasteiger partial charge in [-0.3, -0.25) is 19.5 Å². The largest absolute Gasteiger partial charge is 0.495 e. The zero-order chi connectivity index (χ0) is 24.3. The molecule has 10 heteroatoms. The Morgan fingerprint density at radius 1 is 1.18 bits per heavy atom. The molecule has 1 heterocycles. The number of ether oxygens (including phenoxy) is 1. The molecule has 0 spiro atoms. The topological polar surface area (TPSA) is 102 Å². The molecule has 3 rings (SSSR count). The Kier molecular flexibility index (Phi) is 7.34. The summed E-state index contributed by atoms with van der Waals surface area (Å²) in [6.45, 7) is 7.06. The van der Waals surface area contributed by atoms with E-state index in [0.29, 0.717) is 27.4 Å². The minimum atomic E-state index is -0.736. The standard InChI is InChI=1S/C23H25ClN4O4S/c1-13(19(29)26-21(31)27-23(2,3)4)33-22-25-16-12-14(24)10-11-15(16)20(30)28(22)17-8-6-7-9-18(17)32-5/h6-13H,1-5H3,(H2,26,27,29,31). The first-order chi connectivity index (χ1) is 15.5. The van der Waals surface area contributed by atoms with E-state index in [1.54, 1.807) is 49.4 Å². The van der Waals surface area contributed by atoms with E-state index >= 15 is 0 Å². The molecule has 1 unspecified atom stereocenters. The lowest BCUT2D eigenvalue weighted by atomic mass is 10.1. The zero-order valence-electron chi connectivity index (χ0n) is 18.9. The Morgan fingerprint density at radius 2 is 1.88 bits per heavy atom. The van der Waals surface area contributed by atoms with Crippen molar-refractivity contribution in [3.05, 3.63) is 57.8 Å². The summed E-state index contributed by atoms with van der Waals surface area (Å²) in [6, 6.07) is 11.3. The number of rotatable bonds is 5. The second-order valence-electron chi connectivity index (χ2n) is 8.32. The molecule has 8 nitrogen and oxygen atoms in total. The SMILES string of the molecule is COc1ccccc1-n1c(SC(C)C(=O)NC(=O)NC(C)(C)C)nc2cc(Cl)ccc2c1=O. The molecule has 0 saturated carbocycles. The van der Waals surface area contributed by atoms with Crippen LogP contribution in [0.25, 0.3) is 16.6 Å². The van der Waals surface area contributed by atoms with Crippen LogP contribution in [0.2, 0.25) is 5.02 Å². The molecule has 3 amide bonds. The Labute approximate surface area is 200 Å². The van der Waals surface area contributed by atoms with Crippen LogP contribution >= 0.6 is 23.4 Å². The van der Waals surface area contributed by atoms with Crippen LogP contribution in [0.1, 0.15) is 27.7 Å². The summed E-state index contributed by atoms with van der Waals surface area (Å²) in [5.41, 5.74) is 0.0560. The summed E-state index contributed by atoms with van der Waals surface area (Å²) in [7, 11) is 1.51. The van der Waals surface area contributed by atoms with Crippen LogP contribution in [0, 0.1) is 0 Å². The van der Waals surface area contributed by atoms with Crippen LogP contribution in [-0.4, -0.2) is 39.4 Å².